The lowest BCUT2D eigenvalue weighted by atomic mass is 9.78. The maximum atomic E-state index is 12.5. The molecule has 2 heterocycles. The third-order valence-corrected chi connectivity index (χ3v) is 6.67. The van der Waals surface area contributed by atoms with E-state index in [0.29, 0.717) is 36.8 Å². The van der Waals surface area contributed by atoms with E-state index in [2.05, 4.69) is 20.8 Å². The van der Waals surface area contributed by atoms with Crippen molar-refractivity contribution in [2.75, 3.05) is 27.4 Å². The standard InChI is InChI=1S/C25H31NO6/c1-24(2,3)22-9-15-8-21(32-14-25(6-7-25)13-30-4)20(31-5)10-16(15)18-11-19(27)17(23(28)29)12-26(18)22/h8,10-12,22H,6-7,9,13-14H2,1-5H3,(H,28,29)/t22-/m0/s1. The minimum atomic E-state index is -1.21. The number of hydrogen-bond acceptors (Lipinski definition) is 5. The fraction of sp³-hybridized carbons (Fsp3) is 0.520. The molecule has 32 heavy (non-hydrogen) atoms. The lowest BCUT2D eigenvalue weighted by Gasteiger charge is -2.39. The van der Waals surface area contributed by atoms with Gasteiger partial charge in [-0.15, -0.1) is 0 Å². The Bertz CT molecular complexity index is 1110. The van der Waals surface area contributed by atoms with Crippen LogP contribution in [-0.4, -0.2) is 43.1 Å². The molecule has 4 rings (SSSR count). The van der Waals surface area contributed by atoms with Gasteiger partial charge < -0.3 is 23.9 Å². The van der Waals surface area contributed by atoms with Crippen LogP contribution in [-0.2, 0) is 11.2 Å². The monoisotopic (exact) mass is 441 g/mol. The van der Waals surface area contributed by atoms with E-state index in [-0.39, 0.29) is 22.4 Å². The van der Waals surface area contributed by atoms with Gasteiger partial charge in [0.05, 0.1) is 26.0 Å². The Morgan fingerprint density at radius 2 is 1.88 bits per heavy atom. The second-order valence-electron chi connectivity index (χ2n) is 10.1. The molecule has 1 fully saturated rings. The number of fused-ring (bicyclic) bond motifs is 3. The lowest BCUT2D eigenvalue weighted by Crippen LogP contribution is -2.32. The Hall–Kier alpha value is -2.80. The first-order valence-electron chi connectivity index (χ1n) is 10.9. The number of carboxylic acids is 1. The molecule has 0 spiro atoms. The Kier molecular flexibility index (Phi) is 5.57. The molecule has 7 nitrogen and oxygen atoms in total. The Morgan fingerprint density at radius 1 is 1.16 bits per heavy atom. The summed E-state index contributed by atoms with van der Waals surface area (Å²) in [6.45, 7) is 7.60. The number of pyridine rings is 1. The Balaban J connectivity index is 1.80. The third kappa shape index (κ3) is 4.01. The van der Waals surface area contributed by atoms with Gasteiger partial charge in [0.15, 0.2) is 16.9 Å². The summed E-state index contributed by atoms with van der Waals surface area (Å²) in [6.07, 6.45) is 4.35. The second kappa shape index (κ2) is 7.96. The number of carboxylic acid groups (broad SMARTS) is 1. The molecule has 1 atom stereocenters. The van der Waals surface area contributed by atoms with Gasteiger partial charge >= 0.3 is 5.97 Å². The van der Waals surface area contributed by atoms with Gasteiger partial charge in [-0.3, -0.25) is 4.79 Å². The highest BCUT2D eigenvalue weighted by atomic mass is 16.5. The molecule has 0 unspecified atom stereocenters. The highest BCUT2D eigenvalue weighted by Crippen LogP contribution is 2.48. The molecule has 2 aliphatic rings. The fourth-order valence-corrected chi connectivity index (χ4v) is 4.54. The van der Waals surface area contributed by atoms with Crippen molar-refractivity contribution >= 4 is 5.97 Å². The Morgan fingerprint density at radius 3 is 2.44 bits per heavy atom. The molecule has 2 aromatic rings. The molecule has 0 saturated heterocycles. The molecule has 172 valence electrons. The predicted octanol–water partition coefficient (Wildman–Crippen LogP) is 4.17. The van der Waals surface area contributed by atoms with E-state index in [1.165, 1.54) is 12.3 Å². The number of ether oxygens (including phenoxy) is 3. The number of aromatic carboxylic acids is 1. The average molecular weight is 442 g/mol. The van der Waals surface area contributed by atoms with E-state index in [9.17, 15) is 14.7 Å². The van der Waals surface area contributed by atoms with Crippen LogP contribution in [0.4, 0.5) is 0 Å². The van der Waals surface area contributed by atoms with Crippen LogP contribution in [0.2, 0.25) is 0 Å². The van der Waals surface area contributed by atoms with Crippen LogP contribution in [0.15, 0.2) is 29.2 Å². The first kappa shape index (κ1) is 22.4. The zero-order valence-electron chi connectivity index (χ0n) is 19.4. The average Bonchev–Trinajstić information content (AvgIpc) is 3.49. The summed E-state index contributed by atoms with van der Waals surface area (Å²) in [6, 6.07) is 5.31. The van der Waals surface area contributed by atoms with Crippen molar-refractivity contribution in [2.24, 2.45) is 10.8 Å². The predicted molar refractivity (Wildman–Crippen MR) is 121 cm³/mol. The number of rotatable bonds is 7. The highest BCUT2D eigenvalue weighted by Gasteiger charge is 2.44. The SMILES string of the molecule is COCC1(COc2cc3c(cc2OC)-c2cc(=O)c(C(=O)O)cn2[C@H](C(C)(C)C)C3)CC1. The topological polar surface area (TPSA) is 87.0 Å². The van der Waals surface area contributed by atoms with Gasteiger partial charge in [-0.05, 0) is 42.4 Å². The summed E-state index contributed by atoms with van der Waals surface area (Å²) >= 11 is 0. The van der Waals surface area contributed by atoms with Crippen molar-refractivity contribution in [1.29, 1.82) is 0 Å². The smallest absolute Gasteiger partial charge is 0.341 e. The van der Waals surface area contributed by atoms with Crippen molar-refractivity contribution in [1.82, 2.24) is 4.57 Å². The maximum Gasteiger partial charge on any atom is 0.341 e. The highest BCUT2D eigenvalue weighted by molar-refractivity contribution is 5.88. The zero-order chi connectivity index (χ0) is 23.3. The Labute approximate surface area is 187 Å². The van der Waals surface area contributed by atoms with Gasteiger partial charge in [0, 0.05) is 36.4 Å². The van der Waals surface area contributed by atoms with Gasteiger partial charge in [0.2, 0.25) is 0 Å². The van der Waals surface area contributed by atoms with Crippen LogP contribution in [0.3, 0.4) is 0 Å². The molecule has 1 aromatic carbocycles. The molecule has 1 aliphatic carbocycles. The summed E-state index contributed by atoms with van der Waals surface area (Å²) in [5.41, 5.74) is 1.82. The zero-order valence-corrected chi connectivity index (χ0v) is 19.4. The van der Waals surface area contributed by atoms with Crippen LogP contribution in [0.25, 0.3) is 11.3 Å². The first-order chi connectivity index (χ1) is 15.1. The molecule has 1 N–H and O–H groups in total. The van der Waals surface area contributed by atoms with Crippen molar-refractivity contribution in [2.45, 2.75) is 46.1 Å². The molecular weight excluding hydrogens is 410 g/mol. The molecule has 0 bridgehead atoms. The normalized spacial score (nSPS) is 18.5. The number of carbonyl (C=O) groups is 1. The summed E-state index contributed by atoms with van der Waals surface area (Å²) in [4.78, 5) is 24.1. The molecule has 0 radical (unpaired) electrons. The fourth-order valence-electron chi connectivity index (χ4n) is 4.54. The van der Waals surface area contributed by atoms with E-state index in [4.69, 9.17) is 14.2 Å². The molecule has 7 heteroatoms. The molecule has 1 aromatic heterocycles. The second-order valence-corrected chi connectivity index (χ2v) is 10.1. The van der Waals surface area contributed by atoms with E-state index >= 15 is 0 Å². The van der Waals surface area contributed by atoms with Crippen LogP contribution < -0.4 is 14.9 Å². The summed E-state index contributed by atoms with van der Waals surface area (Å²) < 4.78 is 19.1. The van der Waals surface area contributed by atoms with Crippen molar-refractivity contribution in [3.8, 4) is 22.8 Å². The van der Waals surface area contributed by atoms with Gasteiger partial charge in [-0.2, -0.15) is 0 Å². The quantitative estimate of drug-likeness (QED) is 0.694. The third-order valence-electron chi connectivity index (χ3n) is 6.67. The molecule has 0 amide bonds. The summed E-state index contributed by atoms with van der Waals surface area (Å²) in [5, 5.41) is 9.48. The van der Waals surface area contributed by atoms with Crippen LogP contribution in [0, 0.1) is 10.8 Å². The number of aromatic nitrogens is 1. The van der Waals surface area contributed by atoms with Gasteiger partial charge in [-0.1, -0.05) is 20.8 Å². The molecule has 1 saturated carbocycles. The molecular formula is C25H31NO6. The minimum Gasteiger partial charge on any atom is -0.493 e. The number of nitrogens with zero attached hydrogens (tertiary/aromatic N) is 1. The van der Waals surface area contributed by atoms with Crippen molar-refractivity contribution in [3.05, 3.63) is 45.7 Å². The van der Waals surface area contributed by atoms with Crippen LogP contribution in [0.5, 0.6) is 11.5 Å². The number of benzene rings is 1. The first-order valence-corrected chi connectivity index (χ1v) is 10.9. The van der Waals surface area contributed by atoms with Crippen LogP contribution in [0.1, 0.15) is 55.6 Å². The summed E-state index contributed by atoms with van der Waals surface area (Å²) in [5.74, 6) is 0.0573. The van der Waals surface area contributed by atoms with Gasteiger partial charge in [0.25, 0.3) is 0 Å². The largest absolute Gasteiger partial charge is 0.493 e. The molecule has 1 aliphatic heterocycles. The van der Waals surface area contributed by atoms with Gasteiger partial charge in [0.1, 0.15) is 5.56 Å². The summed E-state index contributed by atoms with van der Waals surface area (Å²) in [7, 11) is 3.30. The van der Waals surface area contributed by atoms with E-state index in [1.54, 1.807) is 14.2 Å². The number of hydrogen-bond donors (Lipinski definition) is 1. The maximum absolute atomic E-state index is 12.5. The van der Waals surface area contributed by atoms with E-state index in [0.717, 1.165) is 24.0 Å². The van der Waals surface area contributed by atoms with Crippen molar-refractivity contribution in [3.63, 3.8) is 0 Å². The van der Waals surface area contributed by atoms with E-state index < -0.39 is 11.4 Å². The number of methoxy groups -OCH3 is 2. The van der Waals surface area contributed by atoms with Crippen molar-refractivity contribution < 1.29 is 24.1 Å². The van der Waals surface area contributed by atoms with E-state index in [1.807, 2.05) is 16.7 Å². The van der Waals surface area contributed by atoms with Crippen LogP contribution >= 0.6 is 0 Å². The minimum absolute atomic E-state index is 0.0202. The lowest BCUT2D eigenvalue weighted by molar-refractivity contribution is 0.0693. The van der Waals surface area contributed by atoms with Gasteiger partial charge in [-0.25, -0.2) is 4.79 Å².